The van der Waals surface area contributed by atoms with Crippen LogP contribution in [0.15, 0.2) is 36.7 Å². The highest BCUT2D eigenvalue weighted by Crippen LogP contribution is 2.24. The second kappa shape index (κ2) is 7.47. The van der Waals surface area contributed by atoms with Crippen LogP contribution in [0, 0.1) is 6.92 Å². The number of amides is 1. The summed E-state index contributed by atoms with van der Waals surface area (Å²) in [7, 11) is 0. The number of carbonyl (C=O) groups is 1. The lowest BCUT2D eigenvalue weighted by Crippen LogP contribution is -2.19. The average Bonchev–Trinajstić information content (AvgIpc) is 3.09. The lowest BCUT2D eigenvalue weighted by molar-refractivity contribution is -0.116. The van der Waals surface area contributed by atoms with Gasteiger partial charge in [0.05, 0.1) is 22.3 Å². The van der Waals surface area contributed by atoms with Crippen molar-refractivity contribution in [1.29, 1.82) is 0 Å². The molecule has 2 heterocycles. The SMILES string of the molecule is Cc1ccn(CC(=O)Nc2nn(Cc3ccc(Cl)c(Cl)c3)cc2Cl)n1. The Hall–Kier alpha value is -2.02. The van der Waals surface area contributed by atoms with E-state index < -0.39 is 0 Å². The molecule has 6 nitrogen and oxygen atoms in total. The Morgan fingerprint density at radius 2 is 1.88 bits per heavy atom. The molecule has 0 saturated carbocycles. The topological polar surface area (TPSA) is 64.7 Å². The molecule has 0 unspecified atom stereocenters. The van der Waals surface area contributed by atoms with Crippen molar-refractivity contribution in [2.75, 3.05) is 5.32 Å². The normalized spacial score (nSPS) is 10.9. The number of rotatable bonds is 5. The molecule has 0 aliphatic heterocycles. The first kappa shape index (κ1) is 17.8. The summed E-state index contributed by atoms with van der Waals surface area (Å²) in [5.74, 6) is 0.0420. The Bertz CT molecular complexity index is 918. The van der Waals surface area contributed by atoms with Crippen molar-refractivity contribution in [1.82, 2.24) is 19.6 Å². The van der Waals surface area contributed by atoms with Crippen LogP contribution in [-0.2, 0) is 17.9 Å². The summed E-state index contributed by atoms with van der Waals surface area (Å²) < 4.78 is 3.17. The van der Waals surface area contributed by atoms with Gasteiger partial charge in [-0.1, -0.05) is 40.9 Å². The molecule has 0 radical (unpaired) electrons. The van der Waals surface area contributed by atoms with E-state index in [0.717, 1.165) is 11.3 Å². The van der Waals surface area contributed by atoms with Gasteiger partial charge in [0, 0.05) is 12.4 Å². The van der Waals surface area contributed by atoms with E-state index in [2.05, 4.69) is 15.5 Å². The lowest BCUT2D eigenvalue weighted by atomic mass is 10.2. The number of nitrogens with one attached hydrogen (secondary N) is 1. The van der Waals surface area contributed by atoms with Crippen LogP contribution in [-0.4, -0.2) is 25.5 Å². The highest BCUT2D eigenvalue weighted by Gasteiger charge is 2.12. The predicted molar refractivity (Wildman–Crippen MR) is 98.4 cm³/mol. The van der Waals surface area contributed by atoms with Crippen LogP contribution >= 0.6 is 34.8 Å². The average molecular weight is 399 g/mol. The van der Waals surface area contributed by atoms with Gasteiger partial charge in [0.2, 0.25) is 5.91 Å². The summed E-state index contributed by atoms with van der Waals surface area (Å²) in [5, 5.41) is 12.5. The molecule has 0 atom stereocenters. The molecule has 0 bridgehead atoms. The van der Waals surface area contributed by atoms with Crippen LogP contribution in [0.25, 0.3) is 0 Å². The molecule has 1 amide bonds. The van der Waals surface area contributed by atoms with Crippen molar-refractivity contribution in [2.24, 2.45) is 0 Å². The van der Waals surface area contributed by atoms with Gasteiger partial charge in [-0.25, -0.2) is 0 Å². The number of aryl methyl sites for hydroxylation is 1. The zero-order valence-corrected chi connectivity index (χ0v) is 15.5. The molecule has 1 N–H and O–H groups in total. The van der Waals surface area contributed by atoms with Crippen LogP contribution in [0.5, 0.6) is 0 Å². The molecule has 0 aliphatic carbocycles. The second-order valence-electron chi connectivity index (χ2n) is 5.47. The van der Waals surface area contributed by atoms with Crippen LogP contribution in [0.2, 0.25) is 15.1 Å². The van der Waals surface area contributed by atoms with Crippen LogP contribution < -0.4 is 5.32 Å². The van der Waals surface area contributed by atoms with Gasteiger partial charge in [0.1, 0.15) is 11.6 Å². The summed E-state index contributed by atoms with van der Waals surface area (Å²) in [6, 6.07) is 7.16. The highest BCUT2D eigenvalue weighted by molar-refractivity contribution is 6.42. The van der Waals surface area contributed by atoms with Crippen molar-refractivity contribution in [3.8, 4) is 0 Å². The molecule has 9 heteroatoms. The molecule has 0 spiro atoms. The van der Waals surface area contributed by atoms with Crippen LogP contribution in [0.4, 0.5) is 5.82 Å². The van der Waals surface area contributed by atoms with Gasteiger partial charge in [-0.05, 0) is 30.7 Å². The van der Waals surface area contributed by atoms with Gasteiger partial charge < -0.3 is 5.32 Å². The fraction of sp³-hybridized carbons (Fsp3) is 0.188. The minimum atomic E-state index is -0.259. The van der Waals surface area contributed by atoms with E-state index >= 15 is 0 Å². The van der Waals surface area contributed by atoms with Gasteiger partial charge in [-0.15, -0.1) is 0 Å². The lowest BCUT2D eigenvalue weighted by Gasteiger charge is -2.04. The molecule has 0 saturated heterocycles. The monoisotopic (exact) mass is 397 g/mol. The first-order valence-electron chi connectivity index (χ1n) is 7.37. The summed E-state index contributed by atoms with van der Waals surface area (Å²) in [4.78, 5) is 12.1. The van der Waals surface area contributed by atoms with E-state index in [-0.39, 0.29) is 12.5 Å². The molecule has 0 fully saturated rings. The molecule has 0 aliphatic rings. The van der Waals surface area contributed by atoms with Gasteiger partial charge in [-0.3, -0.25) is 14.2 Å². The standard InChI is InChI=1S/C16H14Cl3N5O/c1-10-4-5-23(21-10)9-15(25)20-16-14(19)8-24(22-16)7-11-2-3-12(17)13(18)6-11/h2-6,8H,7,9H2,1H3,(H,20,22,25). The first-order chi connectivity index (χ1) is 11.9. The number of anilines is 1. The Labute approximate surface area is 159 Å². The van der Waals surface area contributed by atoms with Crippen molar-refractivity contribution in [3.63, 3.8) is 0 Å². The third-order valence-electron chi connectivity index (χ3n) is 3.38. The molecular formula is C16H14Cl3N5O. The zero-order chi connectivity index (χ0) is 18.0. The summed E-state index contributed by atoms with van der Waals surface area (Å²) in [6.07, 6.45) is 3.37. The zero-order valence-electron chi connectivity index (χ0n) is 13.2. The fourth-order valence-electron chi connectivity index (χ4n) is 2.26. The highest BCUT2D eigenvalue weighted by atomic mass is 35.5. The molecular weight excluding hydrogens is 385 g/mol. The minimum absolute atomic E-state index is 0.0871. The predicted octanol–water partition coefficient (Wildman–Crippen LogP) is 4.04. The van der Waals surface area contributed by atoms with Gasteiger partial charge in [0.25, 0.3) is 0 Å². The minimum Gasteiger partial charge on any atom is -0.306 e. The number of hydrogen-bond acceptors (Lipinski definition) is 3. The molecule has 130 valence electrons. The molecule has 1 aromatic carbocycles. The summed E-state index contributed by atoms with van der Waals surface area (Å²) in [6.45, 7) is 2.39. The van der Waals surface area contributed by atoms with Crippen molar-refractivity contribution >= 4 is 46.5 Å². The molecule has 2 aromatic heterocycles. The smallest absolute Gasteiger partial charge is 0.247 e. The van der Waals surface area contributed by atoms with Gasteiger partial charge in [-0.2, -0.15) is 10.2 Å². The van der Waals surface area contributed by atoms with E-state index in [1.54, 1.807) is 33.9 Å². The van der Waals surface area contributed by atoms with Crippen LogP contribution in [0.3, 0.4) is 0 Å². The summed E-state index contributed by atoms with van der Waals surface area (Å²) in [5.41, 5.74) is 1.76. The Morgan fingerprint density at radius 1 is 1.08 bits per heavy atom. The summed E-state index contributed by atoms with van der Waals surface area (Å²) >= 11 is 18.1. The number of carbonyl (C=O) groups excluding carboxylic acids is 1. The number of aromatic nitrogens is 4. The van der Waals surface area contributed by atoms with E-state index in [1.165, 1.54) is 0 Å². The van der Waals surface area contributed by atoms with Crippen molar-refractivity contribution < 1.29 is 4.79 Å². The third kappa shape index (κ3) is 4.54. The second-order valence-corrected chi connectivity index (χ2v) is 6.70. The molecule has 3 rings (SSSR count). The van der Waals surface area contributed by atoms with Crippen molar-refractivity contribution in [3.05, 3.63) is 63.0 Å². The van der Waals surface area contributed by atoms with Gasteiger partial charge >= 0.3 is 0 Å². The Morgan fingerprint density at radius 3 is 2.56 bits per heavy atom. The van der Waals surface area contributed by atoms with E-state index in [1.807, 2.05) is 19.1 Å². The maximum Gasteiger partial charge on any atom is 0.247 e. The number of hydrogen-bond donors (Lipinski definition) is 1. The van der Waals surface area contributed by atoms with E-state index in [9.17, 15) is 4.79 Å². The van der Waals surface area contributed by atoms with E-state index in [0.29, 0.717) is 27.4 Å². The Kier molecular flexibility index (Phi) is 5.32. The van der Waals surface area contributed by atoms with Crippen LogP contribution in [0.1, 0.15) is 11.3 Å². The fourth-order valence-corrected chi connectivity index (χ4v) is 2.78. The largest absolute Gasteiger partial charge is 0.306 e. The van der Waals surface area contributed by atoms with Gasteiger partial charge in [0.15, 0.2) is 5.82 Å². The maximum absolute atomic E-state index is 12.1. The first-order valence-corrected chi connectivity index (χ1v) is 8.51. The quantitative estimate of drug-likeness (QED) is 0.705. The number of benzene rings is 1. The van der Waals surface area contributed by atoms with E-state index in [4.69, 9.17) is 34.8 Å². The third-order valence-corrected chi connectivity index (χ3v) is 4.40. The number of halogens is 3. The van der Waals surface area contributed by atoms with Crippen molar-refractivity contribution in [2.45, 2.75) is 20.0 Å². The number of nitrogens with zero attached hydrogens (tertiary/aromatic N) is 4. The molecule has 3 aromatic rings. The Balaban J connectivity index is 1.67. The maximum atomic E-state index is 12.1. The molecule has 25 heavy (non-hydrogen) atoms.